The van der Waals surface area contributed by atoms with Gasteiger partial charge in [0.1, 0.15) is 6.07 Å². The van der Waals surface area contributed by atoms with Gasteiger partial charge >= 0.3 is 12.0 Å². The quantitative estimate of drug-likeness (QED) is 0.578. The van der Waals surface area contributed by atoms with Gasteiger partial charge in [0.2, 0.25) is 0 Å². The summed E-state index contributed by atoms with van der Waals surface area (Å²) in [4.78, 5) is 25.4. The van der Waals surface area contributed by atoms with Gasteiger partial charge in [-0.15, -0.1) is 0 Å². The summed E-state index contributed by atoms with van der Waals surface area (Å²) in [7, 11) is 1.46. The zero-order valence-corrected chi connectivity index (χ0v) is 18.5. The second-order valence-electron chi connectivity index (χ2n) is 6.39. The molecule has 0 saturated carbocycles. The van der Waals surface area contributed by atoms with Gasteiger partial charge in [-0.05, 0) is 46.1 Å². The van der Waals surface area contributed by atoms with Gasteiger partial charge < -0.3 is 24.8 Å². The van der Waals surface area contributed by atoms with Crippen LogP contribution < -0.4 is 20.1 Å². The van der Waals surface area contributed by atoms with Gasteiger partial charge in [0.15, 0.2) is 18.1 Å². The third-order valence-corrected chi connectivity index (χ3v) is 5.08. The summed E-state index contributed by atoms with van der Waals surface area (Å²) < 4.78 is 16.7. The zero-order chi connectivity index (χ0) is 22.4. The van der Waals surface area contributed by atoms with Gasteiger partial charge in [0, 0.05) is 0 Å². The van der Waals surface area contributed by atoms with Crippen molar-refractivity contribution in [3.63, 3.8) is 0 Å². The Kier molecular flexibility index (Phi) is 7.15. The van der Waals surface area contributed by atoms with E-state index in [1.165, 1.54) is 7.11 Å². The minimum absolute atomic E-state index is 0.162. The van der Waals surface area contributed by atoms with E-state index in [4.69, 9.17) is 19.5 Å². The molecule has 2 amide bonds. The summed E-state index contributed by atoms with van der Waals surface area (Å²) in [6.45, 7) is 1.73. The first-order valence-electron chi connectivity index (χ1n) is 9.41. The number of urea groups is 1. The number of hydrogen-bond acceptors (Lipinski definition) is 6. The minimum atomic E-state index is -0.807. The molecule has 160 valence electrons. The van der Waals surface area contributed by atoms with E-state index < -0.39 is 18.0 Å². The molecule has 9 heteroatoms. The molecule has 1 aliphatic rings. The SMILES string of the molecule is CCOC(=O)C1=C(c2ccccc2)NC(=O)N[C@H]1c1cc(Br)c(OCC#N)c(OC)c1. The lowest BCUT2D eigenvalue weighted by atomic mass is 9.92. The molecule has 2 aromatic rings. The summed E-state index contributed by atoms with van der Waals surface area (Å²) in [6, 6.07) is 13.1. The number of ether oxygens (including phenoxy) is 3. The van der Waals surface area contributed by atoms with Crippen molar-refractivity contribution in [2.24, 2.45) is 0 Å². The van der Waals surface area contributed by atoms with E-state index in [1.807, 2.05) is 24.3 Å². The number of rotatable bonds is 7. The average molecular weight is 486 g/mol. The normalized spacial score (nSPS) is 15.4. The van der Waals surface area contributed by atoms with Crippen molar-refractivity contribution in [1.29, 1.82) is 5.26 Å². The minimum Gasteiger partial charge on any atom is -0.493 e. The van der Waals surface area contributed by atoms with Crippen LogP contribution in [0.3, 0.4) is 0 Å². The Morgan fingerprint density at radius 2 is 2.00 bits per heavy atom. The number of methoxy groups -OCH3 is 1. The van der Waals surface area contributed by atoms with Crippen molar-refractivity contribution in [3.8, 4) is 17.6 Å². The van der Waals surface area contributed by atoms with E-state index in [9.17, 15) is 9.59 Å². The predicted octanol–water partition coefficient (Wildman–Crippen LogP) is 3.69. The van der Waals surface area contributed by atoms with Crippen molar-refractivity contribution in [3.05, 3.63) is 63.6 Å². The highest BCUT2D eigenvalue weighted by Crippen LogP contribution is 2.41. The molecular formula is C22H20BrN3O5. The standard InChI is InChI=1S/C22H20BrN3O5/c1-3-30-21(27)17-18(13-7-5-4-6-8-13)25-22(28)26-19(17)14-11-15(23)20(31-10-9-24)16(12-14)29-2/h4-8,11-12,19H,3,10H2,1-2H3,(H2,25,26,28)/t19-/m0/s1. The van der Waals surface area contributed by atoms with E-state index >= 15 is 0 Å². The maximum Gasteiger partial charge on any atom is 0.338 e. The maximum atomic E-state index is 12.9. The Hall–Kier alpha value is -3.51. The Morgan fingerprint density at radius 1 is 1.26 bits per heavy atom. The molecule has 1 aliphatic heterocycles. The smallest absolute Gasteiger partial charge is 0.338 e. The van der Waals surface area contributed by atoms with Crippen LogP contribution in [0.5, 0.6) is 11.5 Å². The molecule has 1 atom stereocenters. The molecule has 2 N–H and O–H groups in total. The molecule has 3 rings (SSSR count). The summed E-state index contributed by atoms with van der Waals surface area (Å²) in [6.07, 6.45) is 0. The molecule has 0 fully saturated rings. The fourth-order valence-corrected chi connectivity index (χ4v) is 3.80. The van der Waals surface area contributed by atoms with E-state index in [1.54, 1.807) is 31.2 Å². The molecule has 8 nitrogen and oxygen atoms in total. The number of hydrogen-bond donors (Lipinski definition) is 2. The Labute approximate surface area is 187 Å². The van der Waals surface area contributed by atoms with Crippen molar-refractivity contribution < 1.29 is 23.8 Å². The maximum absolute atomic E-state index is 12.9. The third kappa shape index (κ3) is 4.81. The molecule has 2 aromatic carbocycles. The van der Waals surface area contributed by atoms with Gasteiger partial charge in [-0.3, -0.25) is 0 Å². The molecule has 0 bridgehead atoms. The van der Waals surface area contributed by atoms with Crippen LogP contribution in [0, 0.1) is 11.3 Å². The van der Waals surface area contributed by atoms with Gasteiger partial charge in [-0.1, -0.05) is 30.3 Å². The second-order valence-corrected chi connectivity index (χ2v) is 7.24. The number of amides is 2. The lowest BCUT2D eigenvalue weighted by Crippen LogP contribution is -2.45. The molecular weight excluding hydrogens is 466 g/mol. The van der Waals surface area contributed by atoms with Crippen molar-refractivity contribution >= 4 is 33.6 Å². The molecule has 31 heavy (non-hydrogen) atoms. The van der Waals surface area contributed by atoms with Crippen LogP contribution in [0.4, 0.5) is 4.79 Å². The number of esters is 1. The van der Waals surface area contributed by atoms with Gasteiger partial charge in [-0.2, -0.15) is 5.26 Å². The first-order valence-corrected chi connectivity index (χ1v) is 10.2. The Bertz CT molecular complexity index is 1060. The van der Waals surface area contributed by atoms with Crippen LogP contribution in [0.2, 0.25) is 0 Å². The van der Waals surface area contributed by atoms with Crippen LogP contribution in [-0.4, -0.2) is 32.3 Å². The molecule has 0 spiro atoms. The largest absolute Gasteiger partial charge is 0.493 e. The number of nitrogens with one attached hydrogen (secondary N) is 2. The molecule has 0 saturated heterocycles. The second kappa shape index (κ2) is 10.00. The van der Waals surface area contributed by atoms with Crippen LogP contribution in [-0.2, 0) is 9.53 Å². The summed E-state index contributed by atoms with van der Waals surface area (Å²) in [5, 5.41) is 14.3. The van der Waals surface area contributed by atoms with Crippen LogP contribution >= 0.6 is 15.9 Å². The number of benzene rings is 2. The van der Waals surface area contributed by atoms with Crippen molar-refractivity contribution in [2.75, 3.05) is 20.3 Å². The fraction of sp³-hybridized carbons (Fsp3) is 0.227. The Balaban J connectivity index is 2.18. The number of halogens is 1. The van der Waals surface area contributed by atoms with Crippen molar-refractivity contribution in [1.82, 2.24) is 10.6 Å². The van der Waals surface area contributed by atoms with Gasteiger partial charge in [-0.25, -0.2) is 9.59 Å². The predicted molar refractivity (Wildman–Crippen MR) is 116 cm³/mol. The fourth-order valence-electron chi connectivity index (χ4n) is 3.23. The van der Waals surface area contributed by atoms with Crippen molar-refractivity contribution in [2.45, 2.75) is 13.0 Å². The summed E-state index contributed by atoms with van der Waals surface area (Å²) >= 11 is 3.42. The molecule has 1 heterocycles. The molecule has 0 aromatic heterocycles. The van der Waals surface area contributed by atoms with E-state index in [0.717, 1.165) is 0 Å². The third-order valence-electron chi connectivity index (χ3n) is 4.50. The molecule has 0 radical (unpaired) electrons. The number of nitrogens with zero attached hydrogens (tertiary/aromatic N) is 1. The van der Waals surface area contributed by atoms with E-state index in [0.29, 0.717) is 32.8 Å². The Morgan fingerprint density at radius 3 is 2.65 bits per heavy atom. The van der Waals surface area contributed by atoms with E-state index in [2.05, 4.69) is 26.6 Å². The van der Waals surface area contributed by atoms with Crippen LogP contribution in [0.15, 0.2) is 52.5 Å². The summed E-state index contributed by atoms with van der Waals surface area (Å²) in [5.74, 6) is 0.133. The lowest BCUT2D eigenvalue weighted by Gasteiger charge is -2.30. The first-order chi connectivity index (χ1) is 15.0. The molecule has 0 unspecified atom stereocenters. The first kappa shape index (κ1) is 22.2. The van der Waals surface area contributed by atoms with Gasteiger partial charge in [0.05, 0.1) is 35.5 Å². The zero-order valence-electron chi connectivity index (χ0n) is 16.9. The van der Waals surface area contributed by atoms with Crippen LogP contribution in [0.1, 0.15) is 24.1 Å². The number of nitriles is 1. The number of carbonyl (C=O) groups excluding carboxylic acids is 2. The highest BCUT2D eigenvalue weighted by Gasteiger charge is 2.35. The van der Waals surface area contributed by atoms with E-state index in [-0.39, 0.29) is 18.8 Å². The topological polar surface area (TPSA) is 110 Å². The average Bonchev–Trinajstić information content (AvgIpc) is 2.77. The van der Waals surface area contributed by atoms with Crippen LogP contribution in [0.25, 0.3) is 5.70 Å². The molecule has 0 aliphatic carbocycles. The monoisotopic (exact) mass is 485 g/mol. The van der Waals surface area contributed by atoms with Gasteiger partial charge in [0.25, 0.3) is 0 Å². The lowest BCUT2D eigenvalue weighted by molar-refractivity contribution is -0.138. The highest BCUT2D eigenvalue weighted by molar-refractivity contribution is 9.10. The summed E-state index contributed by atoms with van der Waals surface area (Å²) in [5.41, 5.74) is 1.87. The number of carbonyl (C=O) groups is 2. The highest BCUT2D eigenvalue weighted by atomic mass is 79.9.